The second-order valence-corrected chi connectivity index (χ2v) is 6.65. The van der Waals surface area contributed by atoms with Crippen molar-refractivity contribution in [2.75, 3.05) is 26.8 Å². The summed E-state index contributed by atoms with van der Waals surface area (Å²) in [4.78, 5) is 11.1. The number of ether oxygens (including phenoxy) is 1. The van der Waals surface area contributed by atoms with Crippen LogP contribution in [-0.2, 0) is 19.7 Å². The Kier molecular flexibility index (Phi) is 9.12. The van der Waals surface area contributed by atoms with Crippen molar-refractivity contribution in [3.05, 3.63) is 0 Å². The largest absolute Gasteiger partial charge is 0.480 e. The second kappa shape index (κ2) is 9.68. The maximum Gasteiger partial charge on any atom is 0.321 e. The van der Waals surface area contributed by atoms with Gasteiger partial charge in [-0.05, 0) is 12.3 Å². The maximum atomic E-state index is 12.2. The highest BCUT2D eigenvalue weighted by molar-refractivity contribution is 7.87. The standard InChI is InChI=1S/C12H23N3O5S/c1-10(2)9-11(12(16)17)14-21(18,19)15(6-4-5-13)7-8-20-3/h10-11,14H,4,6-9H2,1-3H3,(H,16,17)/t11-/m0/s1. The van der Waals surface area contributed by atoms with Crippen LogP contribution in [0.25, 0.3) is 0 Å². The summed E-state index contributed by atoms with van der Waals surface area (Å²) in [5.74, 6) is -1.19. The van der Waals surface area contributed by atoms with Crippen molar-refractivity contribution in [3.63, 3.8) is 0 Å². The first-order chi connectivity index (χ1) is 9.74. The molecule has 0 aliphatic heterocycles. The summed E-state index contributed by atoms with van der Waals surface area (Å²) >= 11 is 0. The molecule has 0 radical (unpaired) electrons. The molecule has 0 fully saturated rings. The Morgan fingerprint density at radius 1 is 1.43 bits per heavy atom. The van der Waals surface area contributed by atoms with E-state index in [9.17, 15) is 13.2 Å². The Labute approximate surface area is 125 Å². The number of hydrogen-bond acceptors (Lipinski definition) is 5. The number of hydrogen-bond donors (Lipinski definition) is 2. The molecule has 1 atom stereocenters. The lowest BCUT2D eigenvalue weighted by Crippen LogP contribution is -2.49. The number of carboxylic acids is 1. The Morgan fingerprint density at radius 2 is 2.05 bits per heavy atom. The van der Waals surface area contributed by atoms with Gasteiger partial charge in [0.25, 0.3) is 10.2 Å². The SMILES string of the molecule is COCCN(CCC#N)S(=O)(=O)N[C@@H](CC(C)C)C(=O)O. The summed E-state index contributed by atoms with van der Waals surface area (Å²) in [5.41, 5.74) is 0. The predicted molar refractivity (Wildman–Crippen MR) is 76.6 cm³/mol. The fourth-order valence-electron chi connectivity index (χ4n) is 1.65. The zero-order chi connectivity index (χ0) is 16.5. The summed E-state index contributed by atoms with van der Waals surface area (Å²) in [6.45, 7) is 3.82. The number of carbonyl (C=O) groups is 1. The van der Waals surface area contributed by atoms with E-state index in [0.29, 0.717) is 0 Å². The van der Waals surface area contributed by atoms with Crippen LogP contribution in [-0.4, -0.2) is 56.6 Å². The van der Waals surface area contributed by atoms with E-state index in [-0.39, 0.29) is 38.5 Å². The molecule has 0 rings (SSSR count). The summed E-state index contributed by atoms with van der Waals surface area (Å²) < 4.78 is 32.5. The second-order valence-electron chi connectivity index (χ2n) is 4.94. The van der Waals surface area contributed by atoms with Gasteiger partial charge in [-0.1, -0.05) is 13.8 Å². The Hall–Kier alpha value is -1.21. The normalized spacial score (nSPS) is 13.3. The van der Waals surface area contributed by atoms with E-state index in [4.69, 9.17) is 15.1 Å². The summed E-state index contributed by atoms with van der Waals surface area (Å²) in [7, 11) is -2.55. The van der Waals surface area contributed by atoms with Gasteiger partial charge in [-0.15, -0.1) is 0 Å². The highest BCUT2D eigenvalue weighted by Gasteiger charge is 2.29. The molecule has 0 aromatic carbocycles. The molecule has 0 saturated carbocycles. The first-order valence-corrected chi connectivity index (χ1v) is 8.04. The zero-order valence-electron chi connectivity index (χ0n) is 12.6. The van der Waals surface area contributed by atoms with E-state index < -0.39 is 22.2 Å². The van der Waals surface area contributed by atoms with Crippen molar-refractivity contribution in [1.82, 2.24) is 9.03 Å². The van der Waals surface area contributed by atoms with Crippen molar-refractivity contribution in [3.8, 4) is 6.07 Å². The van der Waals surface area contributed by atoms with Crippen molar-refractivity contribution in [1.29, 1.82) is 5.26 Å². The maximum absolute atomic E-state index is 12.2. The van der Waals surface area contributed by atoms with Crippen LogP contribution >= 0.6 is 0 Å². The minimum absolute atomic E-state index is 0.0107. The van der Waals surface area contributed by atoms with Crippen LogP contribution in [0.15, 0.2) is 0 Å². The van der Waals surface area contributed by atoms with Crippen LogP contribution in [0.5, 0.6) is 0 Å². The first-order valence-electron chi connectivity index (χ1n) is 6.60. The van der Waals surface area contributed by atoms with E-state index in [1.807, 2.05) is 19.9 Å². The van der Waals surface area contributed by atoms with Crippen molar-refractivity contribution < 1.29 is 23.1 Å². The topological polar surface area (TPSA) is 120 Å². The lowest BCUT2D eigenvalue weighted by atomic mass is 10.1. The van der Waals surface area contributed by atoms with Gasteiger partial charge in [-0.25, -0.2) is 0 Å². The number of methoxy groups -OCH3 is 1. The molecular formula is C12H23N3O5S. The van der Waals surface area contributed by atoms with Gasteiger partial charge < -0.3 is 9.84 Å². The van der Waals surface area contributed by atoms with E-state index in [2.05, 4.69) is 4.72 Å². The molecule has 0 aliphatic carbocycles. The molecule has 9 heteroatoms. The monoisotopic (exact) mass is 321 g/mol. The number of rotatable bonds is 11. The van der Waals surface area contributed by atoms with Crippen LogP contribution < -0.4 is 4.72 Å². The van der Waals surface area contributed by atoms with Gasteiger partial charge in [0.15, 0.2) is 0 Å². The molecule has 0 unspecified atom stereocenters. The molecule has 0 bridgehead atoms. The van der Waals surface area contributed by atoms with Crippen molar-refractivity contribution in [2.45, 2.75) is 32.7 Å². The van der Waals surface area contributed by atoms with Crippen molar-refractivity contribution in [2.24, 2.45) is 5.92 Å². The molecule has 0 saturated heterocycles. The smallest absolute Gasteiger partial charge is 0.321 e. The van der Waals surface area contributed by atoms with Gasteiger partial charge in [-0.2, -0.15) is 22.7 Å². The fraction of sp³-hybridized carbons (Fsp3) is 0.833. The third-order valence-corrected chi connectivity index (χ3v) is 4.28. The molecule has 122 valence electrons. The minimum Gasteiger partial charge on any atom is -0.480 e. The van der Waals surface area contributed by atoms with Gasteiger partial charge in [0.05, 0.1) is 12.7 Å². The highest BCUT2D eigenvalue weighted by atomic mass is 32.2. The third kappa shape index (κ3) is 7.96. The number of nitrogens with zero attached hydrogens (tertiary/aromatic N) is 2. The molecule has 21 heavy (non-hydrogen) atoms. The highest BCUT2D eigenvalue weighted by Crippen LogP contribution is 2.08. The van der Waals surface area contributed by atoms with Crippen LogP contribution in [0, 0.1) is 17.2 Å². The molecule has 0 heterocycles. The Morgan fingerprint density at radius 3 is 2.48 bits per heavy atom. The van der Waals surface area contributed by atoms with E-state index >= 15 is 0 Å². The lowest BCUT2D eigenvalue weighted by molar-refractivity contribution is -0.139. The average Bonchev–Trinajstić information content (AvgIpc) is 2.36. The number of nitriles is 1. The summed E-state index contributed by atoms with van der Waals surface area (Å²) in [6.07, 6.45) is 0.206. The van der Waals surface area contributed by atoms with Gasteiger partial charge in [0.1, 0.15) is 6.04 Å². The molecule has 0 amide bonds. The van der Waals surface area contributed by atoms with Gasteiger partial charge >= 0.3 is 5.97 Å². The number of aliphatic carboxylic acids is 1. The molecule has 0 aliphatic rings. The number of carboxylic acid groups (broad SMARTS) is 1. The first kappa shape index (κ1) is 19.8. The number of nitrogens with one attached hydrogen (secondary N) is 1. The molecule has 0 aromatic heterocycles. The molecule has 2 N–H and O–H groups in total. The third-order valence-electron chi connectivity index (χ3n) is 2.65. The molecule has 8 nitrogen and oxygen atoms in total. The summed E-state index contributed by atoms with van der Waals surface area (Å²) in [5, 5.41) is 17.7. The van der Waals surface area contributed by atoms with Crippen LogP contribution in [0.1, 0.15) is 26.7 Å². The lowest BCUT2D eigenvalue weighted by Gasteiger charge is -2.24. The predicted octanol–water partition coefficient (Wildman–Crippen LogP) is 0.182. The van der Waals surface area contributed by atoms with Crippen LogP contribution in [0.3, 0.4) is 0 Å². The molecular weight excluding hydrogens is 298 g/mol. The van der Waals surface area contributed by atoms with Gasteiger partial charge in [0, 0.05) is 26.6 Å². The van der Waals surface area contributed by atoms with Crippen LogP contribution in [0.4, 0.5) is 0 Å². The Bertz CT molecular complexity index is 458. The molecule has 0 spiro atoms. The summed E-state index contributed by atoms with van der Waals surface area (Å²) in [6, 6.07) is 0.671. The molecule has 0 aromatic rings. The van der Waals surface area contributed by atoms with E-state index in [0.717, 1.165) is 4.31 Å². The van der Waals surface area contributed by atoms with Gasteiger partial charge in [-0.3, -0.25) is 4.79 Å². The van der Waals surface area contributed by atoms with Crippen LogP contribution in [0.2, 0.25) is 0 Å². The minimum atomic E-state index is -3.99. The van der Waals surface area contributed by atoms with Crippen molar-refractivity contribution >= 4 is 16.2 Å². The van der Waals surface area contributed by atoms with Gasteiger partial charge in [0.2, 0.25) is 0 Å². The average molecular weight is 321 g/mol. The fourth-order valence-corrected chi connectivity index (χ4v) is 3.00. The van der Waals surface area contributed by atoms with E-state index in [1.165, 1.54) is 7.11 Å². The Balaban J connectivity index is 4.99. The quantitative estimate of drug-likeness (QED) is 0.560. The zero-order valence-corrected chi connectivity index (χ0v) is 13.4. The van der Waals surface area contributed by atoms with E-state index in [1.54, 1.807) is 0 Å².